The highest BCUT2D eigenvalue weighted by Gasteiger charge is 2.23. The monoisotopic (exact) mass is 297 g/mol. The molecule has 0 amide bonds. The third-order valence-corrected chi connectivity index (χ3v) is 3.69. The van der Waals surface area contributed by atoms with Crippen LogP contribution < -0.4 is 4.74 Å². The minimum absolute atomic E-state index is 0.0244. The molecule has 0 saturated heterocycles. The molecule has 2 aromatic rings. The minimum Gasteiger partial charge on any atom is -0.481 e. The molecule has 22 heavy (non-hydrogen) atoms. The van der Waals surface area contributed by atoms with E-state index in [1.54, 1.807) is 0 Å². The molecule has 0 radical (unpaired) electrons. The van der Waals surface area contributed by atoms with Crippen molar-refractivity contribution in [1.29, 1.82) is 0 Å². The Balaban J connectivity index is 2.19. The van der Waals surface area contributed by atoms with Gasteiger partial charge in [0.05, 0.1) is 0 Å². The van der Waals surface area contributed by atoms with E-state index in [1.165, 1.54) is 0 Å². The van der Waals surface area contributed by atoms with Gasteiger partial charge in [-0.1, -0.05) is 62.4 Å². The van der Waals surface area contributed by atoms with E-state index in [2.05, 4.69) is 18.7 Å². The lowest BCUT2D eigenvalue weighted by atomic mass is 10.1. The highest BCUT2D eigenvalue weighted by molar-refractivity contribution is 5.99. The van der Waals surface area contributed by atoms with Gasteiger partial charge in [-0.25, -0.2) is 0 Å². The first-order valence-corrected chi connectivity index (χ1v) is 7.78. The topological polar surface area (TPSA) is 29.5 Å². The van der Waals surface area contributed by atoms with Gasteiger partial charge >= 0.3 is 0 Å². The second-order valence-electron chi connectivity index (χ2n) is 5.14. The third-order valence-electron chi connectivity index (χ3n) is 3.69. The summed E-state index contributed by atoms with van der Waals surface area (Å²) >= 11 is 0. The molecular formula is C19H23NO2. The fourth-order valence-corrected chi connectivity index (χ4v) is 2.34. The van der Waals surface area contributed by atoms with Gasteiger partial charge in [0.2, 0.25) is 5.78 Å². The molecule has 0 heterocycles. The number of nitrogens with zero attached hydrogens (tertiary/aromatic N) is 1. The number of ether oxygens (including phenoxy) is 1. The van der Waals surface area contributed by atoms with Crippen LogP contribution in [0.25, 0.3) is 0 Å². The number of hydrogen-bond acceptors (Lipinski definition) is 3. The largest absolute Gasteiger partial charge is 0.481 e. The van der Waals surface area contributed by atoms with E-state index in [0.29, 0.717) is 12.1 Å². The molecule has 0 spiro atoms. The summed E-state index contributed by atoms with van der Waals surface area (Å²) in [4.78, 5) is 15.0. The average molecular weight is 297 g/mol. The summed E-state index contributed by atoms with van der Waals surface area (Å²) in [6.45, 7) is 6.57. The molecule has 1 atom stereocenters. The van der Waals surface area contributed by atoms with E-state index in [9.17, 15) is 4.79 Å². The van der Waals surface area contributed by atoms with Gasteiger partial charge in [0, 0.05) is 12.1 Å². The molecule has 2 rings (SSSR count). The molecule has 0 aliphatic rings. The molecular weight excluding hydrogens is 274 g/mol. The van der Waals surface area contributed by atoms with E-state index in [0.717, 1.165) is 18.8 Å². The summed E-state index contributed by atoms with van der Waals surface area (Å²) in [5, 5.41) is 0. The van der Waals surface area contributed by atoms with E-state index >= 15 is 0 Å². The van der Waals surface area contributed by atoms with Crippen molar-refractivity contribution in [2.75, 3.05) is 19.6 Å². The van der Waals surface area contributed by atoms with Crippen molar-refractivity contribution < 1.29 is 9.53 Å². The number of likely N-dealkylation sites (N-methyl/N-ethyl adjacent to an activating group) is 1. The Bertz CT molecular complexity index is 565. The van der Waals surface area contributed by atoms with Crippen LogP contribution in [0.3, 0.4) is 0 Å². The van der Waals surface area contributed by atoms with Gasteiger partial charge in [-0.15, -0.1) is 0 Å². The van der Waals surface area contributed by atoms with Crippen molar-refractivity contribution in [3.8, 4) is 5.75 Å². The van der Waals surface area contributed by atoms with Crippen LogP contribution in [0.5, 0.6) is 5.75 Å². The molecule has 1 unspecified atom stereocenters. The van der Waals surface area contributed by atoms with Crippen LogP contribution >= 0.6 is 0 Å². The van der Waals surface area contributed by atoms with Gasteiger partial charge in [0.1, 0.15) is 5.75 Å². The summed E-state index contributed by atoms with van der Waals surface area (Å²) in [6, 6.07) is 18.9. The van der Waals surface area contributed by atoms with Crippen LogP contribution in [0.4, 0.5) is 0 Å². The molecule has 116 valence electrons. The zero-order valence-corrected chi connectivity index (χ0v) is 13.2. The average Bonchev–Trinajstić information content (AvgIpc) is 2.59. The number of ketones is 1. The maximum absolute atomic E-state index is 12.8. The van der Waals surface area contributed by atoms with Crippen LogP contribution in [0, 0.1) is 0 Å². The van der Waals surface area contributed by atoms with Crippen LogP contribution in [0.2, 0.25) is 0 Å². The Morgan fingerprint density at radius 3 is 2.05 bits per heavy atom. The highest BCUT2D eigenvalue weighted by atomic mass is 16.5. The normalized spacial score (nSPS) is 12.1. The molecule has 0 aliphatic heterocycles. The number of benzene rings is 2. The first-order chi connectivity index (χ1) is 10.7. The number of hydrogen-bond donors (Lipinski definition) is 0. The number of Topliss-reactive ketones (excluding diaryl/α,β-unsaturated/α-hetero) is 1. The summed E-state index contributed by atoms with van der Waals surface area (Å²) in [5.41, 5.74) is 0.690. The molecule has 0 fully saturated rings. The Kier molecular flexibility index (Phi) is 6.16. The smallest absolute Gasteiger partial charge is 0.204 e. The summed E-state index contributed by atoms with van der Waals surface area (Å²) in [7, 11) is 0. The molecule has 3 heteroatoms. The van der Waals surface area contributed by atoms with Gasteiger partial charge < -0.3 is 4.74 Å². The second kappa shape index (κ2) is 8.35. The van der Waals surface area contributed by atoms with Crippen LogP contribution in [0.15, 0.2) is 60.7 Å². The maximum Gasteiger partial charge on any atom is 0.204 e. The molecule has 0 N–H and O–H groups in total. The Hall–Kier alpha value is -2.13. The van der Waals surface area contributed by atoms with Crippen molar-refractivity contribution in [3.63, 3.8) is 0 Å². The molecule has 0 bridgehead atoms. The molecule has 0 saturated carbocycles. The number of para-hydroxylation sites is 1. The summed E-state index contributed by atoms with van der Waals surface area (Å²) in [5.74, 6) is 0.750. The minimum atomic E-state index is -0.496. The van der Waals surface area contributed by atoms with Crippen LogP contribution in [0.1, 0.15) is 24.2 Å². The predicted octanol–water partition coefficient (Wildman–Crippen LogP) is 3.66. The molecule has 2 aromatic carbocycles. The molecule has 0 aromatic heterocycles. The fraction of sp³-hybridized carbons (Fsp3) is 0.316. The SMILES string of the molecule is CCN(CC)CC(Oc1ccccc1)C(=O)c1ccccc1. The van der Waals surface area contributed by atoms with Crippen molar-refractivity contribution in [2.24, 2.45) is 0 Å². The van der Waals surface area contributed by atoms with Crippen LogP contribution in [-0.4, -0.2) is 36.4 Å². The van der Waals surface area contributed by atoms with Crippen LogP contribution in [-0.2, 0) is 0 Å². The van der Waals surface area contributed by atoms with E-state index in [4.69, 9.17) is 4.74 Å². The second-order valence-corrected chi connectivity index (χ2v) is 5.14. The van der Waals surface area contributed by atoms with E-state index in [-0.39, 0.29) is 5.78 Å². The third kappa shape index (κ3) is 4.43. The zero-order chi connectivity index (χ0) is 15.8. The standard InChI is InChI=1S/C19H23NO2/c1-3-20(4-2)15-18(22-17-13-9-6-10-14-17)19(21)16-11-7-5-8-12-16/h5-14,18H,3-4,15H2,1-2H3. The van der Waals surface area contributed by atoms with Gasteiger partial charge in [-0.3, -0.25) is 9.69 Å². The predicted molar refractivity (Wildman–Crippen MR) is 89.4 cm³/mol. The van der Waals surface area contributed by atoms with Gasteiger partial charge in [-0.2, -0.15) is 0 Å². The van der Waals surface area contributed by atoms with Gasteiger partial charge in [0.15, 0.2) is 6.10 Å². The maximum atomic E-state index is 12.8. The number of carbonyl (C=O) groups is 1. The van der Waals surface area contributed by atoms with Crippen molar-refractivity contribution in [2.45, 2.75) is 20.0 Å². The fourth-order valence-electron chi connectivity index (χ4n) is 2.34. The first-order valence-electron chi connectivity index (χ1n) is 7.78. The van der Waals surface area contributed by atoms with Gasteiger partial charge in [-0.05, 0) is 25.2 Å². The lowest BCUT2D eigenvalue weighted by Gasteiger charge is -2.25. The number of rotatable bonds is 8. The Morgan fingerprint density at radius 2 is 1.50 bits per heavy atom. The Labute approximate surface area is 132 Å². The lowest BCUT2D eigenvalue weighted by molar-refractivity contribution is 0.0715. The summed E-state index contributed by atoms with van der Waals surface area (Å²) in [6.07, 6.45) is -0.496. The van der Waals surface area contributed by atoms with E-state index < -0.39 is 6.10 Å². The lowest BCUT2D eigenvalue weighted by Crippen LogP contribution is -2.40. The Morgan fingerprint density at radius 1 is 0.955 bits per heavy atom. The zero-order valence-electron chi connectivity index (χ0n) is 13.2. The van der Waals surface area contributed by atoms with Crippen molar-refractivity contribution in [3.05, 3.63) is 66.2 Å². The van der Waals surface area contributed by atoms with E-state index in [1.807, 2.05) is 60.7 Å². The molecule has 0 aliphatic carbocycles. The van der Waals surface area contributed by atoms with Crippen molar-refractivity contribution >= 4 is 5.78 Å². The highest BCUT2D eigenvalue weighted by Crippen LogP contribution is 2.15. The quantitative estimate of drug-likeness (QED) is 0.696. The summed E-state index contributed by atoms with van der Waals surface area (Å²) < 4.78 is 5.97. The number of carbonyl (C=O) groups excluding carboxylic acids is 1. The molecule has 3 nitrogen and oxygen atoms in total. The van der Waals surface area contributed by atoms with Gasteiger partial charge in [0.25, 0.3) is 0 Å². The first kappa shape index (κ1) is 16.2. The van der Waals surface area contributed by atoms with Crippen molar-refractivity contribution in [1.82, 2.24) is 4.90 Å².